The van der Waals surface area contributed by atoms with Crippen molar-refractivity contribution in [2.45, 2.75) is 25.9 Å². The molecule has 23 heavy (non-hydrogen) atoms. The van der Waals surface area contributed by atoms with Crippen LogP contribution in [0.2, 0.25) is 0 Å². The van der Waals surface area contributed by atoms with E-state index in [-0.39, 0.29) is 23.2 Å². The largest absolute Gasteiger partial charge is 0.341 e. The van der Waals surface area contributed by atoms with Crippen molar-refractivity contribution in [2.24, 2.45) is 0 Å². The van der Waals surface area contributed by atoms with Gasteiger partial charge in [-0.15, -0.1) is 0 Å². The summed E-state index contributed by atoms with van der Waals surface area (Å²) in [4.78, 5) is 36.4. The van der Waals surface area contributed by atoms with Gasteiger partial charge in [-0.05, 0) is 19.9 Å². The minimum absolute atomic E-state index is 0.155. The molecule has 0 saturated carbocycles. The van der Waals surface area contributed by atoms with Gasteiger partial charge in [-0.1, -0.05) is 6.07 Å². The highest BCUT2D eigenvalue weighted by Gasteiger charge is 2.26. The highest BCUT2D eigenvalue weighted by Crippen LogP contribution is 2.13. The molecular weight excluding hydrogens is 300 g/mol. The molecule has 1 saturated heterocycles. The Kier molecular flexibility index (Phi) is 5.28. The van der Waals surface area contributed by atoms with Crippen LogP contribution in [0, 0.1) is 10.1 Å². The Hall–Kier alpha value is -2.48. The van der Waals surface area contributed by atoms with Crippen LogP contribution in [0.5, 0.6) is 0 Å². The van der Waals surface area contributed by atoms with Crippen molar-refractivity contribution in [2.75, 3.05) is 19.6 Å². The van der Waals surface area contributed by atoms with Gasteiger partial charge in [-0.2, -0.15) is 0 Å². The van der Waals surface area contributed by atoms with E-state index >= 15 is 0 Å². The number of nitro benzene ring substituents is 1. The number of hydrogen-bond donors (Lipinski definition) is 2. The monoisotopic (exact) mass is 320 g/mol. The van der Waals surface area contributed by atoms with Crippen LogP contribution in [0.3, 0.4) is 0 Å². The van der Waals surface area contributed by atoms with E-state index in [0.717, 1.165) is 6.54 Å². The van der Waals surface area contributed by atoms with Crippen LogP contribution in [0.4, 0.5) is 5.69 Å². The summed E-state index contributed by atoms with van der Waals surface area (Å²) in [5.41, 5.74) is 0.0000816. The zero-order valence-corrected chi connectivity index (χ0v) is 13.1. The minimum Gasteiger partial charge on any atom is -0.341 e. The summed E-state index contributed by atoms with van der Waals surface area (Å²) in [5.74, 6) is -0.658. The number of carbonyl (C=O) groups is 2. The Morgan fingerprint density at radius 2 is 2.22 bits per heavy atom. The first kappa shape index (κ1) is 16.9. The van der Waals surface area contributed by atoms with Gasteiger partial charge in [0.25, 0.3) is 11.6 Å². The Balaban J connectivity index is 2.00. The van der Waals surface area contributed by atoms with Crippen molar-refractivity contribution in [3.05, 3.63) is 39.9 Å². The summed E-state index contributed by atoms with van der Waals surface area (Å²) in [6.45, 7) is 5.52. The summed E-state index contributed by atoms with van der Waals surface area (Å²) < 4.78 is 0. The first-order valence-corrected chi connectivity index (χ1v) is 7.46. The maximum Gasteiger partial charge on any atom is 0.270 e. The maximum absolute atomic E-state index is 12.4. The molecule has 8 heteroatoms. The molecule has 2 amide bonds. The van der Waals surface area contributed by atoms with E-state index < -0.39 is 16.9 Å². The van der Waals surface area contributed by atoms with Crippen molar-refractivity contribution < 1.29 is 14.5 Å². The van der Waals surface area contributed by atoms with Crippen LogP contribution in [0.25, 0.3) is 0 Å². The van der Waals surface area contributed by atoms with Gasteiger partial charge in [0.1, 0.15) is 6.04 Å². The zero-order chi connectivity index (χ0) is 17.0. The molecule has 1 aromatic carbocycles. The van der Waals surface area contributed by atoms with Crippen LogP contribution in [0.1, 0.15) is 24.2 Å². The van der Waals surface area contributed by atoms with Gasteiger partial charge in [-0.25, -0.2) is 0 Å². The van der Waals surface area contributed by atoms with Gasteiger partial charge in [0.2, 0.25) is 5.91 Å². The van der Waals surface area contributed by atoms with Gasteiger partial charge in [-0.3, -0.25) is 19.7 Å². The van der Waals surface area contributed by atoms with E-state index in [2.05, 4.69) is 10.6 Å². The Morgan fingerprint density at radius 1 is 1.48 bits per heavy atom. The molecule has 1 fully saturated rings. The summed E-state index contributed by atoms with van der Waals surface area (Å²) >= 11 is 0. The number of amides is 2. The fourth-order valence-electron chi connectivity index (χ4n) is 2.51. The van der Waals surface area contributed by atoms with Gasteiger partial charge in [0, 0.05) is 43.4 Å². The fraction of sp³-hybridized carbons (Fsp3) is 0.467. The zero-order valence-electron chi connectivity index (χ0n) is 13.1. The highest BCUT2D eigenvalue weighted by molar-refractivity contribution is 5.97. The van der Waals surface area contributed by atoms with Gasteiger partial charge >= 0.3 is 0 Å². The molecule has 0 radical (unpaired) electrons. The normalized spacial score (nSPS) is 19.0. The average molecular weight is 320 g/mol. The molecular formula is C15H20N4O4. The molecule has 0 aliphatic carbocycles. The summed E-state index contributed by atoms with van der Waals surface area (Å²) in [6.07, 6.45) is 0. The molecule has 2 atom stereocenters. The Labute approximate surface area is 134 Å². The number of benzene rings is 1. The van der Waals surface area contributed by atoms with Gasteiger partial charge in [0.05, 0.1) is 4.92 Å². The second-order valence-electron chi connectivity index (χ2n) is 5.64. The third-order valence-corrected chi connectivity index (χ3v) is 3.72. The summed E-state index contributed by atoms with van der Waals surface area (Å²) in [7, 11) is 0. The average Bonchev–Trinajstić information content (AvgIpc) is 2.54. The topological polar surface area (TPSA) is 105 Å². The second kappa shape index (κ2) is 7.19. The van der Waals surface area contributed by atoms with Gasteiger partial charge < -0.3 is 15.5 Å². The maximum atomic E-state index is 12.4. The second-order valence-corrected chi connectivity index (χ2v) is 5.64. The van der Waals surface area contributed by atoms with Crippen molar-refractivity contribution in [3.63, 3.8) is 0 Å². The Bertz CT molecular complexity index is 619. The number of hydrogen-bond acceptors (Lipinski definition) is 5. The first-order chi connectivity index (χ1) is 10.9. The highest BCUT2D eigenvalue weighted by atomic mass is 16.6. The molecule has 1 aromatic rings. The molecule has 1 aliphatic rings. The van der Waals surface area contributed by atoms with E-state index in [1.54, 1.807) is 11.8 Å². The van der Waals surface area contributed by atoms with Crippen molar-refractivity contribution in [1.29, 1.82) is 0 Å². The van der Waals surface area contributed by atoms with Crippen LogP contribution in [0.15, 0.2) is 24.3 Å². The molecule has 2 rings (SSSR count). The van der Waals surface area contributed by atoms with E-state index in [9.17, 15) is 19.7 Å². The molecule has 1 heterocycles. The van der Waals surface area contributed by atoms with Crippen LogP contribution in [-0.4, -0.2) is 53.4 Å². The van der Waals surface area contributed by atoms with Crippen LogP contribution >= 0.6 is 0 Å². The molecule has 0 aromatic heterocycles. The number of nitrogens with zero attached hydrogens (tertiary/aromatic N) is 2. The lowest BCUT2D eigenvalue weighted by molar-refractivity contribution is -0.384. The first-order valence-electron chi connectivity index (χ1n) is 7.46. The number of rotatable bonds is 4. The van der Waals surface area contributed by atoms with Crippen LogP contribution in [-0.2, 0) is 4.79 Å². The number of nitro groups is 1. The van der Waals surface area contributed by atoms with Crippen molar-refractivity contribution in [1.82, 2.24) is 15.5 Å². The molecule has 2 unspecified atom stereocenters. The molecule has 2 N–H and O–H groups in total. The van der Waals surface area contributed by atoms with Crippen molar-refractivity contribution >= 4 is 17.5 Å². The van der Waals surface area contributed by atoms with Crippen molar-refractivity contribution in [3.8, 4) is 0 Å². The SMILES string of the molecule is CC1CN(C(=O)C(C)NC(=O)c2cccc([N+](=O)[O-])c2)CCN1. The minimum atomic E-state index is -0.688. The molecule has 8 nitrogen and oxygen atoms in total. The molecule has 0 spiro atoms. The van der Waals surface area contributed by atoms with E-state index in [4.69, 9.17) is 0 Å². The summed E-state index contributed by atoms with van der Waals surface area (Å²) in [6, 6.07) is 4.95. The third-order valence-electron chi connectivity index (χ3n) is 3.72. The lowest BCUT2D eigenvalue weighted by atomic mass is 10.1. The lowest BCUT2D eigenvalue weighted by Gasteiger charge is -2.33. The molecule has 124 valence electrons. The predicted molar refractivity (Wildman–Crippen MR) is 84.1 cm³/mol. The molecule has 1 aliphatic heterocycles. The lowest BCUT2D eigenvalue weighted by Crippen LogP contribution is -2.56. The number of non-ortho nitro benzene ring substituents is 1. The predicted octanol–water partition coefficient (Wildman–Crippen LogP) is 0.533. The smallest absolute Gasteiger partial charge is 0.270 e. The van der Waals surface area contributed by atoms with E-state index in [1.807, 2.05) is 6.92 Å². The number of piperazine rings is 1. The standard InChI is InChI=1S/C15H20N4O4/c1-10-9-18(7-6-16-10)15(21)11(2)17-14(20)12-4-3-5-13(8-12)19(22)23/h3-5,8,10-11,16H,6-7,9H2,1-2H3,(H,17,20). The Morgan fingerprint density at radius 3 is 2.87 bits per heavy atom. The third kappa shape index (κ3) is 4.26. The molecule has 0 bridgehead atoms. The quantitative estimate of drug-likeness (QED) is 0.622. The summed E-state index contributed by atoms with van der Waals surface area (Å²) in [5, 5.41) is 16.6. The van der Waals surface area contributed by atoms with Gasteiger partial charge in [0.15, 0.2) is 0 Å². The number of nitrogens with one attached hydrogen (secondary N) is 2. The van der Waals surface area contributed by atoms with Crippen LogP contribution < -0.4 is 10.6 Å². The van der Waals surface area contributed by atoms with E-state index in [0.29, 0.717) is 13.1 Å². The number of carbonyl (C=O) groups excluding carboxylic acids is 2. The van der Waals surface area contributed by atoms with E-state index in [1.165, 1.54) is 24.3 Å². The fourth-order valence-corrected chi connectivity index (χ4v) is 2.51.